The Hall–Kier alpha value is -0.0800. The van der Waals surface area contributed by atoms with Crippen LogP contribution in [0.25, 0.3) is 0 Å². The molecule has 0 aliphatic carbocycles. The summed E-state index contributed by atoms with van der Waals surface area (Å²) in [6, 6.07) is 1.09. The highest BCUT2D eigenvalue weighted by Crippen LogP contribution is 2.04. The van der Waals surface area contributed by atoms with Crippen LogP contribution in [0.4, 0.5) is 0 Å². The summed E-state index contributed by atoms with van der Waals surface area (Å²) < 4.78 is 0. The van der Waals surface area contributed by atoms with Gasteiger partial charge in [-0.25, -0.2) is 0 Å². The van der Waals surface area contributed by atoms with Gasteiger partial charge in [0.1, 0.15) is 0 Å². The van der Waals surface area contributed by atoms with E-state index in [1.165, 1.54) is 0 Å². The maximum atomic E-state index is 5.69. The van der Waals surface area contributed by atoms with Gasteiger partial charge in [-0.2, -0.15) is 0 Å². The largest absolute Gasteiger partial charge is 0.328 e. The van der Waals surface area contributed by atoms with Crippen molar-refractivity contribution in [1.82, 2.24) is 5.32 Å². The third kappa shape index (κ3) is 1.46. The summed E-state index contributed by atoms with van der Waals surface area (Å²) in [4.78, 5) is 0. The SMILES string of the molecule is C[C@@H]1C[C@H](N)CCN1. The first-order chi connectivity index (χ1) is 3.79. The highest BCUT2D eigenvalue weighted by Gasteiger charge is 2.12. The van der Waals surface area contributed by atoms with Gasteiger partial charge in [-0.05, 0) is 26.3 Å². The zero-order valence-corrected chi connectivity index (χ0v) is 5.35. The molecule has 0 saturated carbocycles. The van der Waals surface area contributed by atoms with Gasteiger partial charge in [0.25, 0.3) is 0 Å². The fraction of sp³-hybridized carbons (Fsp3) is 1.00. The van der Waals surface area contributed by atoms with Gasteiger partial charge in [-0.1, -0.05) is 0 Å². The highest BCUT2D eigenvalue weighted by atomic mass is 14.9. The minimum absolute atomic E-state index is 0.450. The summed E-state index contributed by atoms with van der Waals surface area (Å²) in [6.45, 7) is 3.28. The number of hydrogen-bond acceptors (Lipinski definition) is 2. The van der Waals surface area contributed by atoms with Crippen molar-refractivity contribution in [2.24, 2.45) is 5.73 Å². The summed E-state index contributed by atoms with van der Waals surface area (Å²) in [5.74, 6) is 0. The molecular weight excluding hydrogens is 100 g/mol. The monoisotopic (exact) mass is 114 g/mol. The predicted octanol–water partition coefficient (Wildman–Crippen LogP) is 0.0856. The van der Waals surface area contributed by atoms with E-state index in [0.29, 0.717) is 12.1 Å². The molecule has 1 aliphatic heterocycles. The van der Waals surface area contributed by atoms with Gasteiger partial charge < -0.3 is 11.1 Å². The second-order valence-electron chi connectivity index (χ2n) is 2.64. The van der Waals surface area contributed by atoms with Gasteiger partial charge in [0.15, 0.2) is 0 Å². The van der Waals surface area contributed by atoms with Crippen LogP contribution in [0.15, 0.2) is 0 Å². The van der Waals surface area contributed by atoms with Gasteiger partial charge in [-0.15, -0.1) is 0 Å². The molecular formula is C6H14N2. The average Bonchev–Trinajstić information content (AvgIpc) is 1.64. The van der Waals surface area contributed by atoms with Gasteiger partial charge >= 0.3 is 0 Å². The first kappa shape index (κ1) is 6.05. The lowest BCUT2D eigenvalue weighted by atomic mass is 10.0. The lowest BCUT2D eigenvalue weighted by Gasteiger charge is -2.24. The van der Waals surface area contributed by atoms with Crippen molar-refractivity contribution < 1.29 is 0 Å². The molecule has 2 atom stereocenters. The standard InChI is InChI=1S/C6H14N2/c1-5-4-6(7)2-3-8-5/h5-6,8H,2-4,7H2,1H3/t5-,6-/m1/s1. The second-order valence-corrected chi connectivity index (χ2v) is 2.64. The number of hydrogen-bond donors (Lipinski definition) is 2. The van der Waals surface area contributed by atoms with Crippen LogP contribution in [-0.2, 0) is 0 Å². The molecule has 0 amide bonds. The van der Waals surface area contributed by atoms with E-state index in [-0.39, 0.29) is 0 Å². The Labute approximate surface area is 50.4 Å². The van der Waals surface area contributed by atoms with Gasteiger partial charge in [-0.3, -0.25) is 0 Å². The zero-order chi connectivity index (χ0) is 5.98. The van der Waals surface area contributed by atoms with Crippen LogP contribution >= 0.6 is 0 Å². The average molecular weight is 114 g/mol. The second kappa shape index (κ2) is 2.46. The minimum atomic E-state index is 0.450. The van der Waals surface area contributed by atoms with Crippen LogP contribution in [0.5, 0.6) is 0 Å². The molecule has 0 aromatic carbocycles. The summed E-state index contributed by atoms with van der Waals surface area (Å²) in [7, 11) is 0. The van der Waals surface area contributed by atoms with E-state index in [1.54, 1.807) is 0 Å². The summed E-state index contributed by atoms with van der Waals surface area (Å²) >= 11 is 0. The Kier molecular flexibility index (Phi) is 1.86. The first-order valence-corrected chi connectivity index (χ1v) is 3.28. The molecule has 0 radical (unpaired) electrons. The number of rotatable bonds is 0. The fourth-order valence-corrected chi connectivity index (χ4v) is 1.17. The fourth-order valence-electron chi connectivity index (χ4n) is 1.17. The van der Waals surface area contributed by atoms with E-state index in [1.807, 2.05) is 0 Å². The molecule has 1 aliphatic rings. The van der Waals surface area contributed by atoms with E-state index >= 15 is 0 Å². The molecule has 1 rings (SSSR count). The van der Waals surface area contributed by atoms with Crippen LogP contribution in [0.3, 0.4) is 0 Å². The molecule has 8 heavy (non-hydrogen) atoms. The maximum absolute atomic E-state index is 5.69. The van der Waals surface area contributed by atoms with Gasteiger partial charge in [0, 0.05) is 12.1 Å². The van der Waals surface area contributed by atoms with Crippen LogP contribution in [0, 0.1) is 0 Å². The van der Waals surface area contributed by atoms with Crippen molar-refractivity contribution in [2.75, 3.05) is 6.54 Å². The summed E-state index contributed by atoms with van der Waals surface area (Å²) in [5.41, 5.74) is 5.69. The molecule has 48 valence electrons. The summed E-state index contributed by atoms with van der Waals surface area (Å²) in [6.07, 6.45) is 2.28. The van der Waals surface area contributed by atoms with Crippen molar-refractivity contribution in [3.05, 3.63) is 0 Å². The maximum Gasteiger partial charge on any atom is 0.00656 e. The topological polar surface area (TPSA) is 38.0 Å². The van der Waals surface area contributed by atoms with Crippen molar-refractivity contribution in [3.63, 3.8) is 0 Å². The van der Waals surface area contributed by atoms with E-state index < -0.39 is 0 Å². The molecule has 0 bridgehead atoms. The minimum Gasteiger partial charge on any atom is -0.328 e. The first-order valence-electron chi connectivity index (χ1n) is 3.28. The smallest absolute Gasteiger partial charge is 0.00656 e. The summed E-state index contributed by atoms with van der Waals surface area (Å²) in [5, 5.41) is 3.33. The quantitative estimate of drug-likeness (QED) is 0.468. The third-order valence-corrected chi connectivity index (χ3v) is 1.66. The van der Waals surface area contributed by atoms with Gasteiger partial charge in [0.05, 0.1) is 0 Å². The van der Waals surface area contributed by atoms with E-state index in [9.17, 15) is 0 Å². The molecule has 1 fully saturated rings. The Morgan fingerprint density at radius 2 is 2.38 bits per heavy atom. The van der Waals surface area contributed by atoms with Crippen LogP contribution < -0.4 is 11.1 Å². The number of nitrogens with one attached hydrogen (secondary N) is 1. The van der Waals surface area contributed by atoms with Crippen LogP contribution in [0.1, 0.15) is 19.8 Å². The normalized spacial score (nSPS) is 39.8. The molecule has 0 spiro atoms. The number of piperidine rings is 1. The van der Waals surface area contributed by atoms with Crippen LogP contribution in [0.2, 0.25) is 0 Å². The Morgan fingerprint density at radius 1 is 1.62 bits per heavy atom. The Balaban J connectivity index is 2.23. The Morgan fingerprint density at radius 3 is 2.75 bits per heavy atom. The molecule has 1 saturated heterocycles. The number of nitrogens with two attached hydrogens (primary N) is 1. The van der Waals surface area contributed by atoms with E-state index in [0.717, 1.165) is 19.4 Å². The zero-order valence-electron chi connectivity index (χ0n) is 5.35. The van der Waals surface area contributed by atoms with Gasteiger partial charge in [0.2, 0.25) is 0 Å². The molecule has 3 N–H and O–H groups in total. The van der Waals surface area contributed by atoms with Crippen molar-refractivity contribution in [3.8, 4) is 0 Å². The molecule has 1 heterocycles. The highest BCUT2D eigenvalue weighted by molar-refractivity contribution is 4.76. The van der Waals surface area contributed by atoms with Crippen molar-refractivity contribution in [1.29, 1.82) is 0 Å². The molecule has 2 heteroatoms. The van der Waals surface area contributed by atoms with Crippen LogP contribution in [-0.4, -0.2) is 18.6 Å². The lowest BCUT2D eigenvalue weighted by Crippen LogP contribution is -2.41. The molecule has 0 aromatic rings. The molecule has 0 unspecified atom stereocenters. The van der Waals surface area contributed by atoms with Crippen molar-refractivity contribution >= 4 is 0 Å². The molecule has 0 aromatic heterocycles. The van der Waals surface area contributed by atoms with Crippen molar-refractivity contribution in [2.45, 2.75) is 31.8 Å². The van der Waals surface area contributed by atoms with E-state index in [2.05, 4.69) is 12.2 Å². The Bertz CT molecular complexity index is 64.9. The third-order valence-electron chi connectivity index (χ3n) is 1.66. The molecule has 2 nitrogen and oxygen atoms in total. The predicted molar refractivity (Wildman–Crippen MR) is 34.7 cm³/mol. The lowest BCUT2D eigenvalue weighted by molar-refractivity contribution is 0.381. The van der Waals surface area contributed by atoms with E-state index in [4.69, 9.17) is 5.73 Å².